The third kappa shape index (κ3) is 2.94. The Hall–Kier alpha value is -2.63. The highest BCUT2D eigenvalue weighted by atomic mass is 16.4. The lowest BCUT2D eigenvalue weighted by atomic mass is 10.2. The molecular formula is C15H16N4O2. The van der Waals surface area contributed by atoms with Crippen LogP contribution in [0.3, 0.4) is 0 Å². The Bertz CT molecular complexity index is 746. The van der Waals surface area contributed by atoms with Gasteiger partial charge in [-0.25, -0.2) is 14.8 Å². The molecule has 0 unspecified atom stereocenters. The number of hydrogen-bond acceptors (Lipinski definition) is 3. The summed E-state index contributed by atoms with van der Waals surface area (Å²) in [6, 6.07) is 5.05. The minimum atomic E-state index is -0.924. The number of hydrogen-bond donors (Lipinski definition) is 1. The van der Waals surface area contributed by atoms with E-state index in [0.717, 1.165) is 37.0 Å². The maximum atomic E-state index is 10.9. The van der Waals surface area contributed by atoms with Crippen molar-refractivity contribution < 1.29 is 9.90 Å². The van der Waals surface area contributed by atoms with E-state index in [2.05, 4.69) is 19.1 Å². The molecule has 0 aliphatic carbocycles. The van der Waals surface area contributed by atoms with Gasteiger partial charge in [0.25, 0.3) is 0 Å². The number of carboxylic acid groups (broad SMARTS) is 1. The number of aryl methyl sites for hydroxylation is 2. The van der Waals surface area contributed by atoms with Crippen LogP contribution in [0.4, 0.5) is 0 Å². The Labute approximate surface area is 121 Å². The number of carboxylic acids is 1. The van der Waals surface area contributed by atoms with E-state index in [9.17, 15) is 4.79 Å². The molecule has 0 aliphatic heterocycles. The molecule has 6 nitrogen and oxygen atoms in total. The van der Waals surface area contributed by atoms with Crippen molar-refractivity contribution in [1.29, 1.82) is 0 Å². The lowest BCUT2D eigenvalue weighted by molar-refractivity contribution is 0.0697. The Kier molecular flexibility index (Phi) is 3.68. The fraction of sp³-hybridized carbons (Fsp3) is 0.267. The monoisotopic (exact) mass is 284 g/mol. The largest absolute Gasteiger partial charge is 0.478 e. The highest BCUT2D eigenvalue weighted by Crippen LogP contribution is 2.16. The fourth-order valence-electron chi connectivity index (χ4n) is 2.37. The maximum Gasteiger partial charge on any atom is 0.335 e. The topological polar surface area (TPSA) is 72.9 Å². The number of rotatable bonds is 6. The van der Waals surface area contributed by atoms with E-state index in [-0.39, 0.29) is 5.56 Å². The predicted molar refractivity (Wildman–Crippen MR) is 78.2 cm³/mol. The highest BCUT2D eigenvalue weighted by molar-refractivity contribution is 5.92. The van der Waals surface area contributed by atoms with Crippen LogP contribution in [-0.4, -0.2) is 30.2 Å². The molecule has 0 saturated carbocycles. The van der Waals surface area contributed by atoms with Crippen molar-refractivity contribution in [3.63, 3.8) is 0 Å². The molecule has 108 valence electrons. The molecule has 0 aliphatic rings. The van der Waals surface area contributed by atoms with Gasteiger partial charge in [0.2, 0.25) is 0 Å². The number of imidazole rings is 2. The minimum absolute atomic E-state index is 0.271. The second kappa shape index (κ2) is 5.78. The van der Waals surface area contributed by atoms with Gasteiger partial charge in [0.15, 0.2) is 0 Å². The van der Waals surface area contributed by atoms with Crippen molar-refractivity contribution in [2.45, 2.75) is 25.9 Å². The Morgan fingerprint density at radius 3 is 2.81 bits per heavy atom. The Balaban J connectivity index is 1.63. The molecule has 21 heavy (non-hydrogen) atoms. The van der Waals surface area contributed by atoms with Crippen LogP contribution in [0.5, 0.6) is 0 Å². The van der Waals surface area contributed by atoms with Gasteiger partial charge in [0.1, 0.15) is 0 Å². The first kappa shape index (κ1) is 13.4. The lowest BCUT2D eigenvalue weighted by Gasteiger charge is -2.05. The van der Waals surface area contributed by atoms with Crippen molar-refractivity contribution in [3.05, 3.63) is 48.8 Å². The van der Waals surface area contributed by atoms with Crippen LogP contribution in [0.15, 0.2) is 43.2 Å². The van der Waals surface area contributed by atoms with E-state index in [4.69, 9.17) is 5.11 Å². The average Bonchev–Trinajstić information content (AvgIpc) is 3.12. The van der Waals surface area contributed by atoms with Gasteiger partial charge in [-0.15, -0.1) is 0 Å². The summed E-state index contributed by atoms with van der Waals surface area (Å²) in [4.78, 5) is 19.2. The van der Waals surface area contributed by atoms with E-state index >= 15 is 0 Å². The SMILES string of the molecule is O=C(O)c1ccc2c(c1)ncn2CCCCn1ccnc1. The molecule has 0 amide bonds. The predicted octanol–water partition coefficient (Wildman–Crippen LogP) is 2.41. The number of aromatic carboxylic acids is 1. The van der Waals surface area contributed by atoms with E-state index < -0.39 is 5.97 Å². The van der Waals surface area contributed by atoms with Gasteiger partial charge in [-0.05, 0) is 31.0 Å². The normalized spacial score (nSPS) is 11.0. The van der Waals surface area contributed by atoms with Crippen molar-refractivity contribution in [2.24, 2.45) is 0 Å². The van der Waals surface area contributed by atoms with Gasteiger partial charge in [-0.1, -0.05) is 0 Å². The Morgan fingerprint density at radius 1 is 1.19 bits per heavy atom. The zero-order chi connectivity index (χ0) is 14.7. The first-order valence-corrected chi connectivity index (χ1v) is 6.88. The lowest BCUT2D eigenvalue weighted by Crippen LogP contribution is -2.00. The van der Waals surface area contributed by atoms with Crippen molar-refractivity contribution in [2.75, 3.05) is 0 Å². The van der Waals surface area contributed by atoms with Crippen molar-refractivity contribution in [1.82, 2.24) is 19.1 Å². The van der Waals surface area contributed by atoms with Gasteiger partial charge in [-0.3, -0.25) is 0 Å². The van der Waals surface area contributed by atoms with Crippen LogP contribution in [0, 0.1) is 0 Å². The number of fused-ring (bicyclic) bond motifs is 1. The van der Waals surface area contributed by atoms with Crippen LogP contribution in [-0.2, 0) is 13.1 Å². The van der Waals surface area contributed by atoms with Gasteiger partial charge >= 0.3 is 5.97 Å². The fourth-order valence-corrected chi connectivity index (χ4v) is 2.37. The molecule has 3 rings (SSSR count). The summed E-state index contributed by atoms with van der Waals surface area (Å²) >= 11 is 0. The van der Waals surface area contributed by atoms with Crippen LogP contribution in [0.1, 0.15) is 23.2 Å². The summed E-state index contributed by atoms with van der Waals surface area (Å²) < 4.78 is 4.13. The summed E-state index contributed by atoms with van der Waals surface area (Å²) in [6.45, 7) is 1.83. The third-order valence-electron chi connectivity index (χ3n) is 3.49. The van der Waals surface area contributed by atoms with E-state index in [1.54, 1.807) is 24.7 Å². The quantitative estimate of drug-likeness (QED) is 0.705. The molecule has 1 aromatic carbocycles. The molecule has 0 saturated heterocycles. The molecule has 1 N–H and O–H groups in total. The zero-order valence-electron chi connectivity index (χ0n) is 11.5. The second-order valence-corrected chi connectivity index (χ2v) is 4.95. The minimum Gasteiger partial charge on any atom is -0.478 e. The molecule has 0 bridgehead atoms. The first-order valence-electron chi connectivity index (χ1n) is 6.88. The Morgan fingerprint density at radius 2 is 2.05 bits per heavy atom. The number of unbranched alkanes of at least 4 members (excludes halogenated alkanes) is 1. The zero-order valence-corrected chi connectivity index (χ0v) is 11.5. The first-order chi connectivity index (χ1) is 10.2. The number of nitrogens with zero attached hydrogens (tertiary/aromatic N) is 4. The molecule has 0 fully saturated rings. The highest BCUT2D eigenvalue weighted by Gasteiger charge is 2.07. The van der Waals surface area contributed by atoms with E-state index in [1.165, 1.54) is 0 Å². The number of carbonyl (C=O) groups is 1. The molecule has 0 atom stereocenters. The smallest absolute Gasteiger partial charge is 0.335 e. The molecule has 2 heterocycles. The molecule has 3 aromatic rings. The average molecular weight is 284 g/mol. The maximum absolute atomic E-state index is 10.9. The second-order valence-electron chi connectivity index (χ2n) is 4.95. The van der Waals surface area contributed by atoms with Gasteiger partial charge in [0.05, 0.1) is 29.3 Å². The third-order valence-corrected chi connectivity index (χ3v) is 3.49. The van der Waals surface area contributed by atoms with Gasteiger partial charge in [-0.2, -0.15) is 0 Å². The molecule has 6 heteroatoms. The summed E-state index contributed by atoms with van der Waals surface area (Å²) in [7, 11) is 0. The molecule has 2 aromatic heterocycles. The van der Waals surface area contributed by atoms with Crippen LogP contribution >= 0.6 is 0 Å². The summed E-state index contributed by atoms with van der Waals surface area (Å²) in [5, 5.41) is 8.97. The van der Waals surface area contributed by atoms with Crippen LogP contribution in [0.25, 0.3) is 11.0 Å². The van der Waals surface area contributed by atoms with E-state index in [0.29, 0.717) is 0 Å². The standard InChI is InChI=1S/C15H16N4O2/c20-15(21)12-3-4-14-13(9-12)17-11-19(14)7-2-1-6-18-8-5-16-10-18/h3-5,8-11H,1-2,6-7H2,(H,20,21). The summed E-state index contributed by atoms with van der Waals surface area (Å²) in [5.74, 6) is -0.924. The van der Waals surface area contributed by atoms with Crippen molar-refractivity contribution >= 4 is 17.0 Å². The molecule has 0 radical (unpaired) electrons. The van der Waals surface area contributed by atoms with Crippen LogP contribution < -0.4 is 0 Å². The van der Waals surface area contributed by atoms with E-state index in [1.807, 2.05) is 18.6 Å². The van der Waals surface area contributed by atoms with Crippen molar-refractivity contribution in [3.8, 4) is 0 Å². The van der Waals surface area contributed by atoms with Gasteiger partial charge < -0.3 is 14.2 Å². The molecule has 0 spiro atoms. The molecular weight excluding hydrogens is 268 g/mol. The summed E-state index contributed by atoms with van der Waals surface area (Å²) in [6.07, 6.45) is 9.42. The number of aromatic nitrogens is 4. The summed E-state index contributed by atoms with van der Waals surface area (Å²) in [5.41, 5.74) is 1.97. The van der Waals surface area contributed by atoms with Gasteiger partial charge in [0, 0.05) is 25.5 Å². The van der Waals surface area contributed by atoms with Crippen LogP contribution in [0.2, 0.25) is 0 Å². The number of benzene rings is 1.